The Labute approximate surface area is 116 Å². The van der Waals surface area contributed by atoms with Gasteiger partial charge in [0.25, 0.3) is 0 Å². The Hall–Kier alpha value is -1.82. The Bertz CT molecular complexity index is 566. The second-order valence-corrected chi connectivity index (χ2v) is 5.12. The molecule has 2 rings (SSSR count). The van der Waals surface area contributed by atoms with Crippen LogP contribution in [0.4, 0.5) is 8.78 Å². The summed E-state index contributed by atoms with van der Waals surface area (Å²) in [6.07, 6.45) is 1.55. The number of aromatic nitrogens is 3. The number of rotatable bonds is 6. The molecule has 1 heterocycles. The van der Waals surface area contributed by atoms with Crippen LogP contribution in [0.5, 0.6) is 0 Å². The molecule has 1 aromatic carbocycles. The standard InChI is InChI=1S/C14H18F2N4/c1-10(2)6-17-7-14-18-9-20(19-14)8-11-3-4-12(15)5-13(11)16/h3-5,9-10,17H,6-8H2,1-2H3. The molecule has 2 aromatic rings. The third-order valence-corrected chi connectivity index (χ3v) is 2.77. The van der Waals surface area contributed by atoms with Crippen molar-refractivity contribution in [2.24, 2.45) is 5.92 Å². The highest BCUT2D eigenvalue weighted by molar-refractivity contribution is 5.18. The minimum Gasteiger partial charge on any atom is -0.310 e. The summed E-state index contributed by atoms with van der Waals surface area (Å²) in [6, 6.07) is 3.53. The summed E-state index contributed by atoms with van der Waals surface area (Å²) in [5.74, 6) is 0.0713. The average Bonchev–Trinajstić information content (AvgIpc) is 2.80. The molecule has 4 nitrogen and oxygen atoms in total. The quantitative estimate of drug-likeness (QED) is 0.883. The van der Waals surface area contributed by atoms with Gasteiger partial charge in [-0.3, -0.25) is 0 Å². The van der Waals surface area contributed by atoms with E-state index in [1.54, 1.807) is 11.0 Å². The molecule has 20 heavy (non-hydrogen) atoms. The number of nitrogens with one attached hydrogen (secondary N) is 1. The van der Waals surface area contributed by atoms with Crippen molar-refractivity contribution in [2.45, 2.75) is 26.9 Å². The minimum absolute atomic E-state index is 0.239. The summed E-state index contributed by atoms with van der Waals surface area (Å²) in [4.78, 5) is 4.15. The van der Waals surface area contributed by atoms with Gasteiger partial charge in [0, 0.05) is 11.6 Å². The number of hydrogen-bond donors (Lipinski definition) is 1. The number of hydrogen-bond acceptors (Lipinski definition) is 3. The number of halogens is 2. The first-order valence-electron chi connectivity index (χ1n) is 6.57. The monoisotopic (exact) mass is 280 g/mol. The van der Waals surface area contributed by atoms with E-state index in [2.05, 4.69) is 29.2 Å². The maximum atomic E-state index is 13.5. The summed E-state index contributed by atoms with van der Waals surface area (Å²) in [5.41, 5.74) is 0.387. The molecule has 0 spiro atoms. The van der Waals surface area contributed by atoms with Crippen LogP contribution in [0.1, 0.15) is 25.2 Å². The van der Waals surface area contributed by atoms with Crippen molar-refractivity contribution in [1.29, 1.82) is 0 Å². The van der Waals surface area contributed by atoms with Crippen molar-refractivity contribution in [2.75, 3.05) is 6.54 Å². The van der Waals surface area contributed by atoms with Gasteiger partial charge in [-0.1, -0.05) is 19.9 Å². The van der Waals surface area contributed by atoms with Crippen molar-refractivity contribution in [3.8, 4) is 0 Å². The average molecular weight is 280 g/mol. The zero-order valence-corrected chi connectivity index (χ0v) is 11.6. The van der Waals surface area contributed by atoms with Gasteiger partial charge in [-0.25, -0.2) is 18.4 Å². The van der Waals surface area contributed by atoms with Crippen LogP contribution in [-0.2, 0) is 13.1 Å². The van der Waals surface area contributed by atoms with E-state index in [0.717, 1.165) is 12.6 Å². The molecule has 0 saturated heterocycles. The van der Waals surface area contributed by atoms with Gasteiger partial charge in [-0.2, -0.15) is 5.10 Å². The fourth-order valence-electron chi connectivity index (χ4n) is 1.79. The predicted molar refractivity (Wildman–Crippen MR) is 72.0 cm³/mol. The molecule has 108 valence electrons. The molecule has 1 N–H and O–H groups in total. The van der Waals surface area contributed by atoms with Gasteiger partial charge < -0.3 is 5.32 Å². The fraction of sp³-hybridized carbons (Fsp3) is 0.429. The maximum absolute atomic E-state index is 13.5. The van der Waals surface area contributed by atoms with E-state index in [1.165, 1.54) is 12.1 Å². The Morgan fingerprint density at radius 1 is 1.30 bits per heavy atom. The van der Waals surface area contributed by atoms with E-state index < -0.39 is 11.6 Å². The van der Waals surface area contributed by atoms with E-state index in [0.29, 0.717) is 23.9 Å². The molecule has 0 unspecified atom stereocenters. The van der Waals surface area contributed by atoms with Crippen LogP contribution in [0.25, 0.3) is 0 Å². The molecule has 0 bridgehead atoms. The van der Waals surface area contributed by atoms with Gasteiger partial charge in [0.05, 0.1) is 13.1 Å². The van der Waals surface area contributed by atoms with E-state index in [1.807, 2.05) is 0 Å². The van der Waals surface area contributed by atoms with Gasteiger partial charge >= 0.3 is 0 Å². The Morgan fingerprint density at radius 3 is 2.80 bits per heavy atom. The van der Waals surface area contributed by atoms with Crippen LogP contribution in [0.15, 0.2) is 24.5 Å². The summed E-state index contributed by atoms with van der Waals surface area (Å²) in [5, 5.41) is 7.48. The highest BCUT2D eigenvalue weighted by atomic mass is 19.1. The molecule has 1 aromatic heterocycles. The highest BCUT2D eigenvalue weighted by Crippen LogP contribution is 2.10. The molecule has 0 radical (unpaired) electrons. The van der Waals surface area contributed by atoms with Crippen molar-refractivity contribution < 1.29 is 8.78 Å². The van der Waals surface area contributed by atoms with Gasteiger partial charge in [-0.05, 0) is 18.5 Å². The lowest BCUT2D eigenvalue weighted by Crippen LogP contribution is -2.19. The van der Waals surface area contributed by atoms with Crippen LogP contribution < -0.4 is 5.32 Å². The van der Waals surface area contributed by atoms with Crippen LogP contribution in [0.2, 0.25) is 0 Å². The van der Waals surface area contributed by atoms with Gasteiger partial charge in [0.1, 0.15) is 18.0 Å². The van der Waals surface area contributed by atoms with Crippen molar-refractivity contribution in [1.82, 2.24) is 20.1 Å². The lowest BCUT2D eigenvalue weighted by atomic mass is 10.2. The van der Waals surface area contributed by atoms with Crippen molar-refractivity contribution in [3.05, 3.63) is 47.5 Å². The molecular formula is C14H18F2N4. The third-order valence-electron chi connectivity index (χ3n) is 2.77. The van der Waals surface area contributed by atoms with Crippen molar-refractivity contribution in [3.63, 3.8) is 0 Å². The van der Waals surface area contributed by atoms with Crippen LogP contribution in [0.3, 0.4) is 0 Å². The zero-order valence-electron chi connectivity index (χ0n) is 11.6. The number of nitrogens with zero attached hydrogens (tertiary/aromatic N) is 3. The van der Waals surface area contributed by atoms with E-state index in [4.69, 9.17) is 0 Å². The van der Waals surface area contributed by atoms with Crippen molar-refractivity contribution >= 4 is 0 Å². The highest BCUT2D eigenvalue weighted by Gasteiger charge is 2.07. The summed E-state index contributed by atoms with van der Waals surface area (Å²) in [6.45, 7) is 5.95. The Kier molecular flexibility index (Phi) is 4.79. The topological polar surface area (TPSA) is 42.7 Å². The molecule has 6 heteroatoms. The summed E-state index contributed by atoms with van der Waals surface area (Å²) >= 11 is 0. The van der Waals surface area contributed by atoms with E-state index >= 15 is 0 Å². The first kappa shape index (κ1) is 14.6. The lowest BCUT2D eigenvalue weighted by molar-refractivity contribution is 0.536. The molecule has 0 atom stereocenters. The van der Waals surface area contributed by atoms with Gasteiger partial charge in [-0.15, -0.1) is 0 Å². The largest absolute Gasteiger partial charge is 0.310 e. The predicted octanol–water partition coefficient (Wildman–Crippen LogP) is 2.35. The second kappa shape index (κ2) is 6.56. The molecule has 0 fully saturated rings. The minimum atomic E-state index is -0.580. The third kappa shape index (κ3) is 4.09. The van der Waals surface area contributed by atoms with Gasteiger partial charge in [0.15, 0.2) is 5.82 Å². The zero-order chi connectivity index (χ0) is 14.5. The Morgan fingerprint density at radius 2 is 2.10 bits per heavy atom. The SMILES string of the molecule is CC(C)CNCc1ncn(Cc2ccc(F)cc2F)n1. The molecule has 0 aliphatic heterocycles. The maximum Gasteiger partial charge on any atom is 0.164 e. The van der Waals surface area contributed by atoms with Crippen LogP contribution in [0, 0.1) is 17.6 Å². The van der Waals surface area contributed by atoms with E-state index in [-0.39, 0.29) is 6.54 Å². The number of benzene rings is 1. The molecular weight excluding hydrogens is 262 g/mol. The summed E-state index contributed by atoms with van der Waals surface area (Å²) in [7, 11) is 0. The molecule has 0 saturated carbocycles. The van der Waals surface area contributed by atoms with Gasteiger partial charge in [0.2, 0.25) is 0 Å². The normalized spacial score (nSPS) is 11.2. The first-order chi connectivity index (χ1) is 9.54. The molecule has 0 aliphatic rings. The van der Waals surface area contributed by atoms with Crippen LogP contribution in [-0.4, -0.2) is 21.3 Å². The summed E-state index contributed by atoms with van der Waals surface area (Å²) < 4.78 is 27.9. The Balaban J connectivity index is 1.95. The van der Waals surface area contributed by atoms with Crippen LogP contribution >= 0.6 is 0 Å². The first-order valence-corrected chi connectivity index (χ1v) is 6.57. The fourth-order valence-corrected chi connectivity index (χ4v) is 1.79. The lowest BCUT2D eigenvalue weighted by Gasteiger charge is -2.05. The second-order valence-electron chi connectivity index (χ2n) is 5.12. The molecule has 0 amide bonds. The molecule has 0 aliphatic carbocycles. The smallest absolute Gasteiger partial charge is 0.164 e. The van der Waals surface area contributed by atoms with E-state index in [9.17, 15) is 8.78 Å².